The summed E-state index contributed by atoms with van der Waals surface area (Å²) in [7, 11) is 0. The number of rotatable bonds is 6. The second-order valence-corrected chi connectivity index (χ2v) is 15.2. The lowest BCUT2D eigenvalue weighted by Crippen LogP contribution is -1.93. The molecular weight excluding hydrogens is 685 g/mol. The van der Waals surface area contributed by atoms with E-state index in [-0.39, 0.29) is 0 Å². The van der Waals surface area contributed by atoms with Crippen molar-refractivity contribution in [1.29, 1.82) is 0 Å². The third-order valence-electron chi connectivity index (χ3n) is 11.0. The Morgan fingerprint density at radius 2 is 0.600 bits per heavy atom. The second kappa shape index (κ2) is 12.9. The van der Waals surface area contributed by atoms with Crippen LogP contribution in [0.5, 0.6) is 0 Å². The molecule has 2 nitrogen and oxygen atoms in total. The van der Waals surface area contributed by atoms with Crippen molar-refractivity contribution in [3.8, 4) is 54.5 Å². The number of hydrogen-bond donors (Lipinski definition) is 0. The predicted octanol–water partition coefficient (Wildman–Crippen LogP) is 14.6. The first kappa shape index (κ1) is 31.6. The lowest BCUT2D eigenvalue weighted by Gasteiger charge is -2.09. The Bertz CT molecular complexity index is 2950. The van der Waals surface area contributed by atoms with E-state index in [2.05, 4.69) is 215 Å². The lowest BCUT2D eigenvalue weighted by atomic mass is 10.0. The molecule has 8 aromatic carbocycles. The van der Waals surface area contributed by atoms with E-state index in [1.165, 1.54) is 98.1 Å². The SMILES string of the molecule is c1ccc(-n2c3ccccc3c3ccc(-c4ccc(-c5ccc(-c6ccc(-c7ccc8c9ccccc9n(-c9ccccc9)c8c7)cc6)s5)cc4)cc32)cc1. The molecule has 0 aliphatic rings. The Morgan fingerprint density at radius 1 is 0.255 bits per heavy atom. The van der Waals surface area contributed by atoms with Crippen LogP contribution in [-0.2, 0) is 0 Å². The van der Waals surface area contributed by atoms with Gasteiger partial charge in [0.1, 0.15) is 0 Å². The molecule has 0 radical (unpaired) electrons. The van der Waals surface area contributed by atoms with Gasteiger partial charge in [-0.15, -0.1) is 11.3 Å². The van der Waals surface area contributed by atoms with E-state index in [4.69, 9.17) is 0 Å². The van der Waals surface area contributed by atoms with Gasteiger partial charge >= 0.3 is 0 Å². The molecule has 0 saturated heterocycles. The molecule has 3 heteroatoms. The number of para-hydroxylation sites is 4. The Kier molecular flexibility index (Phi) is 7.39. The molecule has 3 aromatic heterocycles. The van der Waals surface area contributed by atoms with Gasteiger partial charge in [0.15, 0.2) is 0 Å². The molecule has 258 valence electrons. The van der Waals surface area contributed by atoms with Crippen molar-refractivity contribution in [3.63, 3.8) is 0 Å². The Hall–Kier alpha value is -6.94. The number of nitrogens with zero attached hydrogens (tertiary/aromatic N) is 2. The number of fused-ring (bicyclic) bond motifs is 6. The molecule has 0 amide bonds. The average molecular weight is 719 g/mol. The fourth-order valence-electron chi connectivity index (χ4n) is 8.31. The summed E-state index contributed by atoms with van der Waals surface area (Å²) < 4.78 is 4.76. The fraction of sp³-hybridized carbons (Fsp3) is 0. The Labute approximate surface area is 323 Å². The summed E-state index contributed by atoms with van der Waals surface area (Å²) >= 11 is 1.84. The maximum atomic E-state index is 2.38. The lowest BCUT2D eigenvalue weighted by molar-refractivity contribution is 1.18. The van der Waals surface area contributed by atoms with Crippen LogP contribution in [0, 0.1) is 0 Å². The highest BCUT2D eigenvalue weighted by molar-refractivity contribution is 7.18. The zero-order valence-corrected chi connectivity index (χ0v) is 30.7. The summed E-state index contributed by atoms with van der Waals surface area (Å²) in [5.41, 5.74) is 14.6. The highest BCUT2D eigenvalue weighted by Gasteiger charge is 2.15. The van der Waals surface area contributed by atoms with Crippen LogP contribution in [0.3, 0.4) is 0 Å². The van der Waals surface area contributed by atoms with Crippen LogP contribution >= 0.6 is 11.3 Å². The highest BCUT2D eigenvalue weighted by atomic mass is 32.1. The monoisotopic (exact) mass is 718 g/mol. The maximum absolute atomic E-state index is 2.38. The van der Waals surface area contributed by atoms with Gasteiger partial charge in [-0.25, -0.2) is 0 Å². The molecule has 0 N–H and O–H groups in total. The number of thiophene rings is 1. The van der Waals surface area contributed by atoms with Gasteiger partial charge in [-0.3, -0.25) is 0 Å². The molecule has 55 heavy (non-hydrogen) atoms. The van der Waals surface area contributed by atoms with Crippen molar-refractivity contribution < 1.29 is 0 Å². The fourth-order valence-corrected chi connectivity index (χ4v) is 9.33. The zero-order valence-electron chi connectivity index (χ0n) is 29.9. The molecule has 0 fully saturated rings. The van der Waals surface area contributed by atoms with Crippen molar-refractivity contribution in [2.45, 2.75) is 0 Å². The van der Waals surface area contributed by atoms with E-state index in [1.807, 2.05) is 11.3 Å². The van der Waals surface area contributed by atoms with Gasteiger partial charge in [0.25, 0.3) is 0 Å². The molecule has 0 aliphatic heterocycles. The Morgan fingerprint density at radius 3 is 1.04 bits per heavy atom. The van der Waals surface area contributed by atoms with Crippen LogP contribution in [-0.4, -0.2) is 9.13 Å². The summed E-state index contributed by atoms with van der Waals surface area (Å²) in [5.74, 6) is 0. The molecule has 11 rings (SSSR count). The summed E-state index contributed by atoms with van der Waals surface area (Å²) in [6.45, 7) is 0. The van der Waals surface area contributed by atoms with Crippen LogP contribution in [0.4, 0.5) is 0 Å². The van der Waals surface area contributed by atoms with Gasteiger partial charge in [0.2, 0.25) is 0 Å². The Balaban J connectivity index is 0.879. The van der Waals surface area contributed by atoms with E-state index in [1.54, 1.807) is 0 Å². The first-order chi connectivity index (χ1) is 27.3. The minimum atomic E-state index is 1.18. The standard InChI is InChI=1S/C52H34N2S/c1-3-11-41(12-4-1)53-47-17-9-7-15-43(47)45-29-27-39(33-49(45)53)35-19-23-37(24-20-35)51-31-32-52(55-51)38-25-21-36(22-26-38)40-28-30-46-44-16-8-10-18-48(44)54(50(46)34-40)42-13-5-2-6-14-42/h1-34H. The molecule has 0 unspecified atom stereocenters. The van der Waals surface area contributed by atoms with Gasteiger partial charge in [-0.05, 0) is 94.0 Å². The van der Waals surface area contributed by atoms with E-state index in [0.717, 1.165) is 0 Å². The van der Waals surface area contributed by atoms with Crippen LogP contribution < -0.4 is 0 Å². The average Bonchev–Trinajstić information content (AvgIpc) is 3.97. The first-order valence-corrected chi connectivity index (χ1v) is 19.6. The van der Waals surface area contributed by atoms with E-state index >= 15 is 0 Å². The topological polar surface area (TPSA) is 9.86 Å². The summed E-state index contributed by atoms with van der Waals surface area (Å²) in [5, 5.41) is 5.09. The van der Waals surface area contributed by atoms with Crippen molar-refractivity contribution >= 4 is 54.9 Å². The molecule has 0 aliphatic carbocycles. The van der Waals surface area contributed by atoms with Gasteiger partial charge in [-0.1, -0.05) is 146 Å². The van der Waals surface area contributed by atoms with E-state index < -0.39 is 0 Å². The molecule has 0 spiro atoms. The smallest absolute Gasteiger partial charge is 0.0547 e. The van der Waals surface area contributed by atoms with Gasteiger partial charge in [0.05, 0.1) is 22.1 Å². The first-order valence-electron chi connectivity index (χ1n) is 18.8. The minimum absolute atomic E-state index is 1.18. The van der Waals surface area contributed by atoms with Crippen LogP contribution in [0.2, 0.25) is 0 Å². The molecule has 0 bridgehead atoms. The summed E-state index contributed by atoms with van der Waals surface area (Å²) in [4.78, 5) is 2.54. The van der Waals surface area contributed by atoms with Gasteiger partial charge < -0.3 is 9.13 Å². The van der Waals surface area contributed by atoms with Crippen molar-refractivity contribution in [2.24, 2.45) is 0 Å². The third kappa shape index (κ3) is 5.32. The second-order valence-electron chi connectivity index (χ2n) is 14.2. The molecule has 3 heterocycles. The zero-order chi connectivity index (χ0) is 36.3. The van der Waals surface area contributed by atoms with Crippen LogP contribution in [0.1, 0.15) is 0 Å². The normalized spacial score (nSPS) is 11.6. The number of benzene rings is 8. The summed E-state index contributed by atoms with van der Waals surface area (Å²) in [6, 6.07) is 75.0. The quantitative estimate of drug-likeness (QED) is 0.162. The number of hydrogen-bond acceptors (Lipinski definition) is 1. The van der Waals surface area contributed by atoms with E-state index in [9.17, 15) is 0 Å². The van der Waals surface area contributed by atoms with Crippen LogP contribution in [0.15, 0.2) is 206 Å². The molecule has 11 aromatic rings. The highest BCUT2D eigenvalue weighted by Crippen LogP contribution is 2.39. The maximum Gasteiger partial charge on any atom is 0.0547 e. The van der Waals surface area contributed by atoms with Crippen molar-refractivity contribution in [3.05, 3.63) is 206 Å². The van der Waals surface area contributed by atoms with Gasteiger partial charge in [-0.2, -0.15) is 0 Å². The summed E-state index contributed by atoms with van der Waals surface area (Å²) in [6.07, 6.45) is 0. The van der Waals surface area contributed by atoms with Crippen molar-refractivity contribution in [1.82, 2.24) is 9.13 Å². The minimum Gasteiger partial charge on any atom is -0.309 e. The predicted molar refractivity (Wildman–Crippen MR) is 235 cm³/mol. The molecule has 0 atom stereocenters. The molecular formula is C52H34N2S. The number of aromatic nitrogens is 2. The van der Waals surface area contributed by atoms with E-state index in [0.29, 0.717) is 0 Å². The van der Waals surface area contributed by atoms with Gasteiger partial charge in [0, 0.05) is 42.7 Å². The largest absolute Gasteiger partial charge is 0.309 e. The van der Waals surface area contributed by atoms with Crippen molar-refractivity contribution in [2.75, 3.05) is 0 Å². The third-order valence-corrected chi connectivity index (χ3v) is 12.2. The van der Waals surface area contributed by atoms with Crippen LogP contribution in [0.25, 0.3) is 98.1 Å². The molecule has 0 saturated carbocycles.